The third kappa shape index (κ3) is 2.34. The zero-order chi connectivity index (χ0) is 10.3. The molecule has 0 amide bonds. The normalized spacial score (nSPS) is 30.8. The molecule has 0 aromatic rings. The van der Waals surface area contributed by atoms with Crippen LogP contribution in [0.25, 0.3) is 0 Å². The van der Waals surface area contributed by atoms with E-state index in [1.54, 1.807) is 0 Å². The minimum Gasteiger partial charge on any atom is -0.315 e. The van der Waals surface area contributed by atoms with E-state index < -0.39 is 27.2 Å². The van der Waals surface area contributed by atoms with Gasteiger partial charge in [0.25, 0.3) is 0 Å². The third-order valence-corrected chi connectivity index (χ3v) is 3.72. The van der Waals surface area contributed by atoms with Crippen LogP contribution in [0, 0.1) is 5.92 Å². The lowest BCUT2D eigenvalue weighted by Crippen LogP contribution is -2.37. The summed E-state index contributed by atoms with van der Waals surface area (Å²) in [7, 11) is -3.62. The van der Waals surface area contributed by atoms with E-state index in [4.69, 9.17) is 0 Å². The van der Waals surface area contributed by atoms with E-state index in [0.717, 1.165) is 6.26 Å². The van der Waals surface area contributed by atoms with Crippen LogP contribution in [0.2, 0.25) is 0 Å². The van der Waals surface area contributed by atoms with Crippen LogP contribution in [0.1, 0.15) is 0 Å². The quantitative estimate of drug-likeness (QED) is 0.681. The van der Waals surface area contributed by atoms with Crippen LogP contribution >= 0.6 is 0 Å². The molecule has 2 atom stereocenters. The molecule has 13 heavy (non-hydrogen) atoms. The Hall–Kier alpha value is -0.300. The molecule has 0 bridgehead atoms. The average molecular weight is 217 g/mol. The van der Waals surface area contributed by atoms with Crippen LogP contribution < -0.4 is 5.32 Å². The van der Waals surface area contributed by atoms with Gasteiger partial charge < -0.3 is 5.32 Å². The third-order valence-electron chi connectivity index (χ3n) is 2.13. The molecular weight excluding hydrogens is 207 g/mol. The molecule has 1 heterocycles. The zero-order valence-electron chi connectivity index (χ0n) is 6.93. The van der Waals surface area contributed by atoms with E-state index >= 15 is 0 Å². The maximum absolute atomic E-state index is 12.2. The Morgan fingerprint density at radius 3 is 2.15 bits per heavy atom. The lowest BCUT2D eigenvalue weighted by atomic mass is 10.1. The van der Waals surface area contributed by atoms with Crippen molar-refractivity contribution in [3.8, 4) is 0 Å². The number of hydrogen-bond acceptors (Lipinski definition) is 3. The van der Waals surface area contributed by atoms with Gasteiger partial charge >= 0.3 is 6.18 Å². The lowest BCUT2D eigenvalue weighted by molar-refractivity contribution is -0.167. The van der Waals surface area contributed by atoms with Gasteiger partial charge in [-0.3, -0.25) is 0 Å². The first-order valence-electron chi connectivity index (χ1n) is 3.69. The summed E-state index contributed by atoms with van der Waals surface area (Å²) in [5.41, 5.74) is 0. The summed E-state index contributed by atoms with van der Waals surface area (Å²) in [5, 5.41) is 1.11. The van der Waals surface area contributed by atoms with Crippen LogP contribution in [0.4, 0.5) is 13.2 Å². The summed E-state index contributed by atoms with van der Waals surface area (Å²) in [6, 6.07) is 0. The van der Waals surface area contributed by atoms with Crippen molar-refractivity contribution in [3.05, 3.63) is 0 Å². The van der Waals surface area contributed by atoms with Gasteiger partial charge in [-0.25, -0.2) is 8.42 Å². The number of halogens is 3. The number of rotatable bonds is 1. The molecule has 1 saturated heterocycles. The summed E-state index contributed by atoms with van der Waals surface area (Å²) in [5.74, 6) is -1.76. The minimum atomic E-state index is -4.43. The highest BCUT2D eigenvalue weighted by Gasteiger charge is 2.50. The topological polar surface area (TPSA) is 46.2 Å². The van der Waals surface area contributed by atoms with Crippen LogP contribution in [-0.2, 0) is 9.84 Å². The second-order valence-corrected chi connectivity index (χ2v) is 5.44. The standard InChI is InChI=1S/C6H10F3NO2S/c1-13(11,12)5-3-10-2-4(5)6(7,8)9/h4-5,10H,2-3H2,1H3/t4-,5+/m0/s1. The molecule has 1 rings (SSSR count). The van der Waals surface area contributed by atoms with E-state index in [1.165, 1.54) is 0 Å². The highest BCUT2D eigenvalue weighted by molar-refractivity contribution is 7.91. The Kier molecular flexibility index (Phi) is 2.59. The fourth-order valence-electron chi connectivity index (χ4n) is 1.43. The summed E-state index contributed by atoms with van der Waals surface area (Å²) in [6.45, 7) is -0.412. The minimum absolute atomic E-state index is 0.108. The SMILES string of the molecule is CS(=O)(=O)[C@@H]1CNC[C@@H]1C(F)(F)F. The van der Waals surface area contributed by atoms with Gasteiger partial charge in [0.1, 0.15) is 0 Å². The predicted octanol–water partition coefficient (Wildman–Crippen LogP) is 0.181. The van der Waals surface area contributed by atoms with Gasteiger partial charge in [-0.1, -0.05) is 0 Å². The molecule has 0 unspecified atom stereocenters. The van der Waals surface area contributed by atoms with Gasteiger partial charge in [0.2, 0.25) is 0 Å². The molecule has 0 aliphatic carbocycles. The van der Waals surface area contributed by atoms with Crippen molar-refractivity contribution < 1.29 is 21.6 Å². The molecule has 1 aliphatic rings. The number of nitrogens with one attached hydrogen (secondary N) is 1. The van der Waals surface area contributed by atoms with Gasteiger partial charge in [0, 0.05) is 19.3 Å². The molecule has 1 aliphatic heterocycles. The van der Waals surface area contributed by atoms with Crippen LogP contribution in [0.15, 0.2) is 0 Å². The van der Waals surface area contributed by atoms with Crippen molar-refractivity contribution in [1.82, 2.24) is 5.32 Å². The molecule has 7 heteroatoms. The van der Waals surface area contributed by atoms with Crippen molar-refractivity contribution >= 4 is 9.84 Å². The van der Waals surface area contributed by atoms with E-state index in [-0.39, 0.29) is 13.1 Å². The summed E-state index contributed by atoms with van der Waals surface area (Å²) >= 11 is 0. The fraction of sp³-hybridized carbons (Fsp3) is 1.00. The molecule has 0 saturated carbocycles. The second kappa shape index (κ2) is 3.13. The van der Waals surface area contributed by atoms with Gasteiger partial charge in [-0.2, -0.15) is 13.2 Å². The maximum atomic E-state index is 12.2. The molecular formula is C6H10F3NO2S. The summed E-state index contributed by atoms with van der Waals surface area (Å²) < 4.78 is 58.6. The average Bonchev–Trinajstić information content (AvgIpc) is 2.27. The number of alkyl halides is 3. The van der Waals surface area contributed by atoms with Crippen molar-refractivity contribution in [2.75, 3.05) is 19.3 Å². The van der Waals surface area contributed by atoms with Crippen molar-refractivity contribution in [3.63, 3.8) is 0 Å². The monoisotopic (exact) mass is 217 g/mol. The molecule has 1 fully saturated rings. The Balaban J connectivity index is 2.89. The van der Waals surface area contributed by atoms with Crippen molar-refractivity contribution in [1.29, 1.82) is 0 Å². The summed E-state index contributed by atoms with van der Waals surface area (Å²) in [6.07, 6.45) is -3.60. The number of hydrogen-bond donors (Lipinski definition) is 1. The molecule has 0 spiro atoms. The van der Waals surface area contributed by atoms with Gasteiger partial charge in [0.05, 0.1) is 11.2 Å². The maximum Gasteiger partial charge on any atom is 0.394 e. The smallest absolute Gasteiger partial charge is 0.315 e. The summed E-state index contributed by atoms with van der Waals surface area (Å²) in [4.78, 5) is 0. The first-order valence-corrected chi connectivity index (χ1v) is 5.64. The molecule has 0 aromatic carbocycles. The molecule has 3 nitrogen and oxygen atoms in total. The van der Waals surface area contributed by atoms with E-state index in [0.29, 0.717) is 0 Å². The predicted molar refractivity (Wildman–Crippen MR) is 41.0 cm³/mol. The van der Waals surface area contributed by atoms with Gasteiger partial charge in [0.15, 0.2) is 9.84 Å². The Morgan fingerprint density at radius 1 is 1.31 bits per heavy atom. The lowest BCUT2D eigenvalue weighted by Gasteiger charge is -2.19. The molecule has 0 radical (unpaired) electrons. The Morgan fingerprint density at radius 2 is 1.85 bits per heavy atom. The second-order valence-electron chi connectivity index (χ2n) is 3.17. The van der Waals surface area contributed by atoms with Crippen LogP contribution in [-0.4, -0.2) is 39.2 Å². The van der Waals surface area contributed by atoms with E-state index in [9.17, 15) is 21.6 Å². The van der Waals surface area contributed by atoms with E-state index in [1.807, 2.05) is 0 Å². The van der Waals surface area contributed by atoms with Crippen LogP contribution in [0.5, 0.6) is 0 Å². The van der Waals surface area contributed by atoms with Gasteiger partial charge in [-0.05, 0) is 0 Å². The van der Waals surface area contributed by atoms with Crippen molar-refractivity contribution in [2.24, 2.45) is 5.92 Å². The highest BCUT2D eigenvalue weighted by Crippen LogP contribution is 2.33. The first-order chi connectivity index (χ1) is 5.73. The highest BCUT2D eigenvalue weighted by atomic mass is 32.2. The van der Waals surface area contributed by atoms with Crippen LogP contribution in [0.3, 0.4) is 0 Å². The Labute approximate surface area is 74.2 Å². The largest absolute Gasteiger partial charge is 0.394 e. The molecule has 78 valence electrons. The first kappa shape index (κ1) is 10.8. The molecule has 0 aromatic heterocycles. The van der Waals surface area contributed by atoms with Crippen molar-refractivity contribution in [2.45, 2.75) is 11.4 Å². The zero-order valence-corrected chi connectivity index (χ0v) is 7.74. The van der Waals surface area contributed by atoms with Gasteiger partial charge in [-0.15, -0.1) is 0 Å². The number of sulfone groups is 1. The molecule has 1 N–H and O–H groups in total. The Bertz CT molecular complexity index is 285. The fourth-order valence-corrected chi connectivity index (χ4v) is 2.70. The van der Waals surface area contributed by atoms with E-state index in [2.05, 4.69) is 5.32 Å².